The van der Waals surface area contributed by atoms with Crippen LogP contribution >= 0.6 is 23.2 Å². The Hall–Kier alpha value is -1.31. The Morgan fingerprint density at radius 1 is 1.04 bits per heavy atom. The lowest BCUT2D eigenvalue weighted by molar-refractivity contribution is 0.181. The topological polar surface area (TPSA) is 60.9 Å². The maximum Gasteiger partial charge on any atom is 0.246 e. The van der Waals surface area contributed by atoms with Gasteiger partial charge in [0.15, 0.2) is 5.75 Å². The van der Waals surface area contributed by atoms with Gasteiger partial charge < -0.3 is 5.11 Å². The molecule has 0 unspecified atom stereocenters. The number of aromatic hydroxyl groups is 1. The molecule has 1 heterocycles. The molecule has 0 spiro atoms. The molecule has 1 aliphatic heterocycles. The molecule has 8 heteroatoms. The average Bonchev–Trinajstić information content (AvgIpc) is 2.60. The fraction of sp³-hybridized carbons (Fsp3) is 0.333. The molecular formula is C18H20Cl2N2O3S. The first-order chi connectivity index (χ1) is 12.3. The first kappa shape index (κ1) is 19.5. The average molecular weight is 415 g/mol. The molecule has 0 saturated carbocycles. The first-order valence-electron chi connectivity index (χ1n) is 8.23. The number of sulfonamides is 1. The molecule has 2 aromatic carbocycles. The highest BCUT2D eigenvalue weighted by atomic mass is 35.5. The van der Waals surface area contributed by atoms with Crippen LogP contribution in [0.1, 0.15) is 11.1 Å². The van der Waals surface area contributed by atoms with E-state index >= 15 is 0 Å². The number of piperazine rings is 1. The minimum atomic E-state index is -3.85. The monoisotopic (exact) mass is 414 g/mol. The third-order valence-electron chi connectivity index (χ3n) is 4.47. The Bertz CT molecular complexity index is 893. The predicted octanol–water partition coefficient (Wildman–Crippen LogP) is 3.51. The summed E-state index contributed by atoms with van der Waals surface area (Å²) in [6.45, 7) is 4.74. The number of aryl methyl sites for hydroxylation is 1. The van der Waals surface area contributed by atoms with Gasteiger partial charge in [-0.15, -0.1) is 0 Å². The number of halogens is 2. The molecular weight excluding hydrogens is 395 g/mol. The van der Waals surface area contributed by atoms with Crippen LogP contribution in [0.5, 0.6) is 5.75 Å². The highest BCUT2D eigenvalue weighted by molar-refractivity contribution is 7.89. The van der Waals surface area contributed by atoms with Crippen LogP contribution in [-0.4, -0.2) is 48.9 Å². The molecule has 0 atom stereocenters. The largest absolute Gasteiger partial charge is 0.505 e. The van der Waals surface area contributed by atoms with Crippen LogP contribution in [0, 0.1) is 6.92 Å². The summed E-state index contributed by atoms with van der Waals surface area (Å²) in [7, 11) is -3.85. The number of nitrogens with zero attached hydrogens (tertiary/aromatic N) is 2. The zero-order valence-corrected chi connectivity index (χ0v) is 16.7. The second kappa shape index (κ2) is 7.74. The van der Waals surface area contributed by atoms with E-state index in [1.807, 2.05) is 6.92 Å². The lowest BCUT2D eigenvalue weighted by Gasteiger charge is -2.34. The van der Waals surface area contributed by atoms with E-state index in [-0.39, 0.29) is 14.9 Å². The van der Waals surface area contributed by atoms with Crippen molar-refractivity contribution in [2.24, 2.45) is 0 Å². The maximum atomic E-state index is 12.8. The minimum absolute atomic E-state index is 0.0749. The van der Waals surface area contributed by atoms with E-state index in [0.29, 0.717) is 26.2 Å². The summed E-state index contributed by atoms with van der Waals surface area (Å²) in [4.78, 5) is 1.96. The molecule has 2 aromatic rings. The molecule has 1 N–H and O–H groups in total. The van der Waals surface area contributed by atoms with Gasteiger partial charge in [-0.1, -0.05) is 53.0 Å². The standard InChI is InChI=1S/C18H20Cl2N2O3S/c1-13-2-4-14(5-3-13)12-21-6-8-22(9-7-21)26(24,25)17-11-15(19)10-16(20)18(17)23/h2-5,10-11,23H,6-9,12H2,1H3. The minimum Gasteiger partial charge on any atom is -0.505 e. The van der Waals surface area contributed by atoms with Crippen molar-refractivity contribution in [2.45, 2.75) is 18.4 Å². The second-order valence-electron chi connectivity index (χ2n) is 6.40. The summed E-state index contributed by atoms with van der Waals surface area (Å²) in [5.74, 6) is -0.460. The Kier molecular flexibility index (Phi) is 5.79. The van der Waals surface area contributed by atoms with Gasteiger partial charge in [-0.25, -0.2) is 8.42 Å². The van der Waals surface area contributed by atoms with Crippen molar-refractivity contribution < 1.29 is 13.5 Å². The highest BCUT2D eigenvalue weighted by Gasteiger charge is 2.31. The number of rotatable bonds is 4. The van der Waals surface area contributed by atoms with Crippen LogP contribution in [0.15, 0.2) is 41.3 Å². The van der Waals surface area contributed by atoms with Crippen molar-refractivity contribution in [2.75, 3.05) is 26.2 Å². The smallest absolute Gasteiger partial charge is 0.246 e. The third-order valence-corrected chi connectivity index (χ3v) is 6.89. The van der Waals surface area contributed by atoms with Crippen molar-refractivity contribution in [1.29, 1.82) is 0 Å². The number of hydrogen-bond acceptors (Lipinski definition) is 4. The van der Waals surface area contributed by atoms with Crippen molar-refractivity contribution in [1.82, 2.24) is 9.21 Å². The summed E-state index contributed by atoms with van der Waals surface area (Å²) in [5.41, 5.74) is 2.41. The van der Waals surface area contributed by atoms with Crippen LogP contribution in [0.2, 0.25) is 10.0 Å². The maximum absolute atomic E-state index is 12.8. The fourth-order valence-electron chi connectivity index (χ4n) is 2.96. The van der Waals surface area contributed by atoms with E-state index in [9.17, 15) is 13.5 Å². The number of hydrogen-bond donors (Lipinski definition) is 1. The van der Waals surface area contributed by atoms with Crippen LogP contribution in [0.25, 0.3) is 0 Å². The van der Waals surface area contributed by atoms with Gasteiger partial charge in [-0.3, -0.25) is 4.90 Å². The SMILES string of the molecule is Cc1ccc(CN2CCN(S(=O)(=O)c3cc(Cl)cc(Cl)c3O)CC2)cc1. The highest BCUT2D eigenvalue weighted by Crippen LogP contribution is 2.35. The molecule has 140 valence electrons. The molecule has 0 aromatic heterocycles. The van der Waals surface area contributed by atoms with Crippen molar-refractivity contribution >= 4 is 33.2 Å². The molecule has 1 saturated heterocycles. The van der Waals surface area contributed by atoms with Gasteiger partial charge in [0.05, 0.1) is 5.02 Å². The lowest BCUT2D eigenvalue weighted by Crippen LogP contribution is -2.48. The third kappa shape index (κ3) is 4.15. The molecule has 3 rings (SSSR count). The molecule has 0 aliphatic carbocycles. The quantitative estimate of drug-likeness (QED) is 0.830. The Morgan fingerprint density at radius 2 is 1.65 bits per heavy atom. The van der Waals surface area contributed by atoms with Crippen LogP contribution in [-0.2, 0) is 16.6 Å². The Morgan fingerprint density at radius 3 is 2.27 bits per heavy atom. The van der Waals surface area contributed by atoms with E-state index in [0.717, 1.165) is 6.54 Å². The predicted molar refractivity (Wildman–Crippen MR) is 103 cm³/mol. The van der Waals surface area contributed by atoms with E-state index in [1.54, 1.807) is 0 Å². The zero-order chi connectivity index (χ0) is 18.9. The Balaban J connectivity index is 1.70. The molecule has 0 amide bonds. The van der Waals surface area contributed by atoms with Gasteiger partial charge in [0, 0.05) is 37.7 Å². The van der Waals surface area contributed by atoms with Gasteiger partial charge in [-0.2, -0.15) is 4.31 Å². The normalized spacial score (nSPS) is 16.7. The zero-order valence-electron chi connectivity index (χ0n) is 14.3. The van der Waals surface area contributed by atoms with Gasteiger partial charge in [0.25, 0.3) is 0 Å². The molecule has 5 nitrogen and oxygen atoms in total. The molecule has 1 fully saturated rings. The molecule has 1 aliphatic rings. The number of phenolic OH excluding ortho intramolecular Hbond substituents is 1. The lowest BCUT2D eigenvalue weighted by atomic mass is 10.1. The van der Waals surface area contributed by atoms with E-state index < -0.39 is 15.8 Å². The van der Waals surface area contributed by atoms with E-state index in [4.69, 9.17) is 23.2 Å². The van der Waals surface area contributed by atoms with Crippen molar-refractivity contribution in [3.8, 4) is 5.75 Å². The van der Waals surface area contributed by atoms with Crippen LogP contribution in [0.4, 0.5) is 0 Å². The van der Waals surface area contributed by atoms with Crippen molar-refractivity contribution in [3.05, 3.63) is 57.6 Å². The van der Waals surface area contributed by atoms with Gasteiger partial charge in [-0.05, 0) is 24.6 Å². The van der Waals surface area contributed by atoms with Crippen molar-refractivity contribution in [3.63, 3.8) is 0 Å². The number of benzene rings is 2. The summed E-state index contributed by atoms with van der Waals surface area (Å²) in [6.07, 6.45) is 0. The second-order valence-corrected chi connectivity index (χ2v) is 9.15. The number of phenols is 1. The van der Waals surface area contributed by atoms with Gasteiger partial charge in [0.1, 0.15) is 4.90 Å². The van der Waals surface area contributed by atoms with E-state index in [2.05, 4.69) is 29.2 Å². The molecule has 0 bridgehead atoms. The van der Waals surface area contributed by atoms with Crippen LogP contribution in [0.3, 0.4) is 0 Å². The summed E-state index contributed by atoms with van der Waals surface area (Å²) in [5, 5.41) is 10.1. The Labute approximate surface area is 163 Å². The summed E-state index contributed by atoms with van der Waals surface area (Å²) < 4.78 is 27.1. The first-order valence-corrected chi connectivity index (χ1v) is 10.4. The summed E-state index contributed by atoms with van der Waals surface area (Å²) >= 11 is 11.8. The summed E-state index contributed by atoms with van der Waals surface area (Å²) in [6, 6.07) is 10.9. The molecule has 0 radical (unpaired) electrons. The van der Waals surface area contributed by atoms with Crippen LogP contribution < -0.4 is 0 Å². The van der Waals surface area contributed by atoms with Gasteiger partial charge >= 0.3 is 0 Å². The fourth-order valence-corrected chi connectivity index (χ4v) is 5.12. The van der Waals surface area contributed by atoms with E-state index in [1.165, 1.54) is 27.6 Å². The molecule has 26 heavy (non-hydrogen) atoms. The van der Waals surface area contributed by atoms with Gasteiger partial charge in [0.2, 0.25) is 10.0 Å².